The van der Waals surface area contributed by atoms with Crippen molar-refractivity contribution in [3.63, 3.8) is 0 Å². The lowest BCUT2D eigenvalue weighted by atomic mass is 10.1. The second kappa shape index (κ2) is 6.58. The third kappa shape index (κ3) is 4.40. The highest BCUT2D eigenvalue weighted by molar-refractivity contribution is 5.86. The van der Waals surface area contributed by atoms with E-state index >= 15 is 0 Å². The molecule has 0 aromatic heterocycles. The maximum Gasteiger partial charge on any atom is 0.328 e. The van der Waals surface area contributed by atoms with Crippen LogP contribution in [0.3, 0.4) is 0 Å². The van der Waals surface area contributed by atoms with Crippen LogP contribution in [0, 0.1) is 0 Å². The second-order valence-corrected chi connectivity index (χ2v) is 3.28. The number of halogens is 2. The van der Waals surface area contributed by atoms with Crippen LogP contribution in [0.25, 0.3) is 6.08 Å². The van der Waals surface area contributed by atoms with Crippen molar-refractivity contribution in [2.45, 2.75) is 6.43 Å². The molecule has 0 saturated carbocycles. The van der Waals surface area contributed by atoms with E-state index in [1.807, 2.05) is 0 Å². The molecule has 0 amide bonds. The van der Waals surface area contributed by atoms with E-state index in [9.17, 15) is 13.6 Å². The minimum Gasteiger partial charge on any atom is -0.497 e. The van der Waals surface area contributed by atoms with E-state index in [4.69, 9.17) is 14.6 Å². The first-order valence-electron chi connectivity index (χ1n) is 5.03. The Hall–Kier alpha value is -2.11. The Morgan fingerprint density at radius 3 is 2.78 bits per heavy atom. The minimum absolute atomic E-state index is 0.146. The molecule has 0 atom stereocenters. The maximum atomic E-state index is 12.1. The average Bonchev–Trinajstić information content (AvgIpc) is 2.34. The number of hydrogen-bond donors (Lipinski definition) is 1. The van der Waals surface area contributed by atoms with E-state index in [0.29, 0.717) is 11.3 Å². The molecule has 1 rings (SSSR count). The van der Waals surface area contributed by atoms with E-state index < -0.39 is 19.0 Å². The number of methoxy groups -OCH3 is 1. The first-order chi connectivity index (χ1) is 8.52. The van der Waals surface area contributed by atoms with Gasteiger partial charge in [-0.15, -0.1) is 0 Å². The number of ether oxygens (including phenoxy) is 2. The number of aliphatic carboxylic acids is 1. The number of alkyl halides is 2. The standard InChI is InChI=1S/C12H12F2O4/c1-17-9-4-2-8(3-5-12(15)16)10(6-9)18-7-11(13)14/h2-6,11H,7H2,1H3,(H,15,16). The number of rotatable bonds is 6. The van der Waals surface area contributed by atoms with Gasteiger partial charge >= 0.3 is 5.97 Å². The van der Waals surface area contributed by atoms with Gasteiger partial charge in [-0.2, -0.15) is 0 Å². The molecule has 1 N–H and O–H groups in total. The topological polar surface area (TPSA) is 55.8 Å². The van der Waals surface area contributed by atoms with Crippen molar-refractivity contribution in [2.24, 2.45) is 0 Å². The predicted octanol–water partition coefficient (Wildman–Crippen LogP) is 2.44. The van der Waals surface area contributed by atoms with Crippen LogP contribution in [0.5, 0.6) is 11.5 Å². The Bertz CT molecular complexity index is 444. The Balaban J connectivity index is 2.96. The highest BCUT2D eigenvalue weighted by Gasteiger charge is 2.08. The van der Waals surface area contributed by atoms with Crippen molar-refractivity contribution in [3.8, 4) is 11.5 Å². The molecule has 0 heterocycles. The number of hydrogen-bond acceptors (Lipinski definition) is 3. The molecule has 18 heavy (non-hydrogen) atoms. The van der Waals surface area contributed by atoms with Crippen LogP contribution >= 0.6 is 0 Å². The first kappa shape index (κ1) is 14.0. The van der Waals surface area contributed by atoms with Gasteiger partial charge in [0.25, 0.3) is 6.43 Å². The summed E-state index contributed by atoms with van der Waals surface area (Å²) in [6, 6.07) is 4.53. The summed E-state index contributed by atoms with van der Waals surface area (Å²) in [7, 11) is 1.43. The molecule has 0 aliphatic carbocycles. The van der Waals surface area contributed by atoms with Gasteiger partial charge in [0.05, 0.1) is 7.11 Å². The Morgan fingerprint density at radius 2 is 2.22 bits per heavy atom. The third-order valence-corrected chi connectivity index (χ3v) is 1.99. The highest BCUT2D eigenvalue weighted by atomic mass is 19.3. The molecule has 0 bridgehead atoms. The van der Waals surface area contributed by atoms with Gasteiger partial charge in [-0.05, 0) is 18.2 Å². The average molecular weight is 258 g/mol. The number of carbonyl (C=O) groups is 1. The summed E-state index contributed by atoms with van der Waals surface area (Å²) in [5.74, 6) is -0.551. The van der Waals surface area contributed by atoms with Gasteiger partial charge in [0.1, 0.15) is 18.1 Å². The molecule has 1 aromatic carbocycles. The third-order valence-electron chi connectivity index (χ3n) is 1.99. The van der Waals surface area contributed by atoms with Crippen LogP contribution in [-0.4, -0.2) is 31.2 Å². The number of benzene rings is 1. The molecule has 0 radical (unpaired) electrons. The van der Waals surface area contributed by atoms with Crippen LogP contribution < -0.4 is 9.47 Å². The van der Waals surface area contributed by atoms with Crippen molar-refractivity contribution in [3.05, 3.63) is 29.8 Å². The Kier molecular flexibility index (Phi) is 5.10. The molecule has 98 valence electrons. The van der Waals surface area contributed by atoms with Crippen molar-refractivity contribution in [2.75, 3.05) is 13.7 Å². The quantitative estimate of drug-likeness (QED) is 0.796. The molecule has 0 spiro atoms. The van der Waals surface area contributed by atoms with Crippen molar-refractivity contribution in [1.82, 2.24) is 0 Å². The van der Waals surface area contributed by atoms with Gasteiger partial charge in [-0.25, -0.2) is 13.6 Å². The molecule has 0 aliphatic rings. The van der Waals surface area contributed by atoms with E-state index in [1.54, 1.807) is 6.07 Å². The van der Waals surface area contributed by atoms with E-state index in [-0.39, 0.29) is 5.75 Å². The minimum atomic E-state index is -2.60. The second-order valence-electron chi connectivity index (χ2n) is 3.28. The highest BCUT2D eigenvalue weighted by Crippen LogP contribution is 2.26. The Morgan fingerprint density at radius 1 is 1.50 bits per heavy atom. The molecule has 6 heteroatoms. The summed E-state index contributed by atoms with van der Waals surface area (Å²) >= 11 is 0. The van der Waals surface area contributed by atoms with Crippen LogP contribution in [0.15, 0.2) is 24.3 Å². The SMILES string of the molecule is COc1ccc(C=CC(=O)O)c(OCC(F)F)c1. The summed E-state index contributed by atoms with van der Waals surface area (Å²) in [6.07, 6.45) is -0.438. The zero-order valence-electron chi connectivity index (χ0n) is 9.60. The lowest BCUT2D eigenvalue weighted by Crippen LogP contribution is -2.07. The van der Waals surface area contributed by atoms with Gasteiger partial charge in [0.2, 0.25) is 0 Å². The summed E-state index contributed by atoms with van der Waals surface area (Å²) in [6.45, 7) is -0.763. The largest absolute Gasteiger partial charge is 0.497 e. The fraction of sp³-hybridized carbons (Fsp3) is 0.250. The molecule has 4 nitrogen and oxygen atoms in total. The van der Waals surface area contributed by atoms with E-state index in [2.05, 4.69) is 0 Å². The normalized spacial score (nSPS) is 10.9. The zero-order valence-corrected chi connectivity index (χ0v) is 9.60. The fourth-order valence-corrected chi connectivity index (χ4v) is 1.22. The molecule has 0 unspecified atom stereocenters. The summed E-state index contributed by atoms with van der Waals surface area (Å²) in [5, 5.41) is 8.51. The maximum absolute atomic E-state index is 12.1. The van der Waals surface area contributed by atoms with Crippen LogP contribution in [0.2, 0.25) is 0 Å². The molecule has 0 aliphatic heterocycles. The van der Waals surface area contributed by atoms with E-state index in [0.717, 1.165) is 6.08 Å². The first-order valence-corrected chi connectivity index (χ1v) is 5.03. The van der Waals surface area contributed by atoms with Crippen molar-refractivity contribution >= 4 is 12.0 Å². The summed E-state index contributed by atoms with van der Waals surface area (Å²) < 4.78 is 34.0. The van der Waals surface area contributed by atoms with Crippen molar-refractivity contribution in [1.29, 1.82) is 0 Å². The van der Waals surface area contributed by atoms with Gasteiger partial charge in [-0.3, -0.25) is 0 Å². The van der Waals surface area contributed by atoms with Crippen molar-refractivity contribution < 1.29 is 28.2 Å². The van der Waals surface area contributed by atoms with Gasteiger partial charge in [-0.1, -0.05) is 0 Å². The number of carboxylic acids is 1. The smallest absolute Gasteiger partial charge is 0.328 e. The van der Waals surface area contributed by atoms with Crippen LogP contribution in [0.4, 0.5) is 8.78 Å². The van der Waals surface area contributed by atoms with Gasteiger partial charge in [0.15, 0.2) is 0 Å². The lowest BCUT2D eigenvalue weighted by molar-refractivity contribution is -0.131. The van der Waals surface area contributed by atoms with Gasteiger partial charge < -0.3 is 14.6 Å². The lowest BCUT2D eigenvalue weighted by Gasteiger charge is -2.10. The molecular formula is C12H12F2O4. The fourth-order valence-electron chi connectivity index (χ4n) is 1.22. The van der Waals surface area contributed by atoms with Crippen LogP contribution in [-0.2, 0) is 4.79 Å². The Labute approximate surface area is 102 Å². The zero-order chi connectivity index (χ0) is 13.5. The molecule has 0 saturated heterocycles. The summed E-state index contributed by atoms with van der Waals surface area (Å²) in [4.78, 5) is 10.4. The molecular weight excluding hydrogens is 246 g/mol. The molecule has 1 aromatic rings. The number of carboxylic acid groups (broad SMARTS) is 1. The van der Waals surface area contributed by atoms with E-state index in [1.165, 1.54) is 25.3 Å². The molecule has 0 fully saturated rings. The predicted molar refractivity (Wildman–Crippen MR) is 61.2 cm³/mol. The summed E-state index contributed by atoms with van der Waals surface area (Å²) in [5.41, 5.74) is 0.388. The monoisotopic (exact) mass is 258 g/mol. The van der Waals surface area contributed by atoms with Crippen LogP contribution in [0.1, 0.15) is 5.56 Å². The van der Waals surface area contributed by atoms with Gasteiger partial charge in [0, 0.05) is 17.7 Å².